The monoisotopic (exact) mass is 1260 g/mol. The lowest BCUT2D eigenvalue weighted by Crippen LogP contribution is -2.53. The van der Waals surface area contributed by atoms with E-state index in [1.165, 1.54) is 12.3 Å². The van der Waals surface area contributed by atoms with Crippen LogP contribution in [0.2, 0.25) is 0 Å². The Kier molecular flexibility index (Phi) is 29.2. The van der Waals surface area contributed by atoms with Crippen molar-refractivity contribution < 1.29 is 76.0 Å². The molecular formula is C62H84F2N12O14. The summed E-state index contributed by atoms with van der Waals surface area (Å²) in [6, 6.07) is 12.4. The number of hydrogen-bond acceptors (Lipinski definition) is 19. The lowest BCUT2D eigenvalue weighted by molar-refractivity contribution is -0.140. The highest BCUT2D eigenvalue weighted by Gasteiger charge is 2.46. The number of terminal acetylenes is 1. The van der Waals surface area contributed by atoms with E-state index in [0.717, 1.165) is 22.4 Å². The number of aliphatic carboxylic acids is 1. The zero-order valence-corrected chi connectivity index (χ0v) is 51.1. The molecule has 6 rings (SSSR count). The fourth-order valence-electron chi connectivity index (χ4n) is 10.7. The molecule has 5 N–H and O–H groups in total. The number of carbonyl (C=O) groups excluding carboxylic acids is 9. The van der Waals surface area contributed by atoms with Crippen molar-refractivity contribution in [3.8, 4) is 18.1 Å². The predicted molar refractivity (Wildman–Crippen MR) is 324 cm³/mol. The summed E-state index contributed by atoms with van der Waals surface area (Å²) in [6.45, 7) is 6.02. The Morgan fingerprint density at radius 3 is 2.03 bits per heavy atom. The standard InChI is InChI=1S/C62H84F2N12O14/c1-3-48-37-62(63,64)41-76(48)58(83)38-67-60(86)50-18-20-65-52-17-16-49(35-51(50)52)90-34-8-21-70-30-32-75(33-31-70)57(82)36-55(80)69-61(87)53(10-5-4-6-19-66-54(79)11-7-9-47-14-12-46(2)13-15-47)68-56(81)39-71-22-23-72(40-59(84)85)25-27-74(43-89-45-78)29-28-73(26-24-71)42-88-44-77/h1,12-18,20,35,44-45,48,53H,4-11,19,21-34,36-43H2,2H3,(H,66,79)(H,67,86)(H,68,81)(H,84,85)(H,69,80,87)/t48-,53-/m0/s1. The minimum absolute atomic E-state index is 0.0339. The molecule has 2 aromatic carbocycles. The van der Waals surface area contributed by atoms with E-state index in [-0.39, 0.29) is 70.6 Å². The molecule has 3 aliphatic rings. The summed E-state index contributed by atoms with van der Waals surface area (Å²) >= 11 is 0. The third kappa shape index (κ3) is 24.6. The maximum Gasteiger partial charge on any atom is 0.317 e. The summed E-state index contributed by atoms with van der Waals surface area (Å²) in [5.74, 6) is -5.60. The first-order chi connectivity index (χ1) is 43.3. The number of carboxylic acids is 1. The SMILES string of the molecule is C#C[C@H]1CC(F)(F)CN1C(=O)CNC(=O)c1ccnc2ccc(OCCCN3CCN(C(=O)CC(=O)NC(=O)[C@H](CCCCCNC(=O)CCCc4ccc(C)cc4)NC(=O)CN4CCN(COC=O)CCN(COC=O)CCN(CC(=O)O)CC4)CC3)cc12. The first-order valence-electron chi connectivity index (χ1n) is 30.4. The van der Waals surface area contributed by atoms with Crippen LogP contribution < -0.4 is 26.0 Å². The number of piperazine rings is 1. The fourth-order valence-corrected chi connectivity index (χ4v) is 10.7. The van der Waals surface area contributed by atoms with E-state index in [2.05, 4.69) is 49.2 Å². The average molecular weight is 1260 g/mol. The van der Waals surface area contributed by atoms with Gasteiger partial charge in [0.05, 0.1) is 49.9 Å². The fraction of sp³-hybridized carbons (Fsp3) is 0.565. The molecule has 3 aromatic rings. The number of alkyl halides is 2. The van der Waals surface area contributed by atoms with Crippen LogP contribution in [-0.2, 0) is 59.0 Å². The van der Waals surface area contributed by atoms with Crippen molar-refractivity contribution in [3.63, 3.8) is 0 Å². The van der Waals surface area contributed by atoms with Crippen LogP contribution in [0.3, 0.4) is 0 Å². The smallest absolute Gasteiger partial charge is 0.317 e. The maximum atomic E-state index is 14.0. The summed E-state index contributed by atoms with van der Waals surface area (Å²) in [6.07, 6.45) is 9.69. The summed E-state index contributed by atoms with van der Waals surface area (Å²) in [7, 11) is 0. The second-order valence-electron chi connectivity index (χ2n) is 22.6. The van der Waals surface area contributed by atoms with Crippen molar-refractivity contribution in [1.82, 2.24) is 60.6 Å². The summed E-state index contributed by atoms with van der Waals surface area (Å²) in [4.78, 5) is 143. The number of ether oxygens (including phenoxy) is 3. The summed E-state index contributed by atoms with van der Waals surface area (Å²) in [5, 5.41) is 20.7. The molecule has 3 fully saturated rings. The van der Waals surface area contributed by atoms with Gasteiger partial charge in [0.25, 0.3) is 24.8 Å². The normalized spacial score (nSPS) is 17.6. The molecule has 26 nitrogen and oxygen atoms in total. The molecule has 3 aliphatic heterocycles. The van der Waals surface area contributed by atoms with Gasteiger partial charge >= 0.3 is 5.97 Å². The third-order valence-corrected chi connectivity index (χ3v) is 15.8. The Balaban J connectivity index is 0.977. The Labute approximate surface area is 522 Å². The molecule has 4 heterocycles. The predicted octanol–water partition coefficient (Wildman–Crippen LogP) is 0.840. The lowest BCUT2D eigenvalue weighted by Gasteiger charge is -2.34. The van der Waals surface area contributed by atoms with Crippen LogP contribution in [0.25, 0.3) is 10.9 Å². The first-order valence-corrected chi connectivity index (χ1v) is 30.4. The summed E-state index contributed by atoms with van der Waals surface area (Å²) < 4.78 is 44.0. The first kappa shape index (κ1) is 70.9. The number of nitrogens with zero attached hydrogens (tertiary/aromatic N) is 8. The number of aromatic nitrogens is 1. The van der Waals surface area contributed by atoms with E-state index in [4.69, 9.17) is 20.6 Å². The van der Waals surface area contributed by atoms with Gasteiger partial charge in [0.1, 0.15) is 31.7 Å². The average Bonchev–Trinajstić information content (AvgIpc) is 1.73. The minimum Gasteiger partial charge on any atom is -0.494 e. The van der Waals surface area contributed by atoms with E-state index in [0.29, 0.717) is 140 Å². The number of imide groups is 1. The van der Waals surface area contributed by atoms with Crippen LogP contribution in [0.5, 0.6) is 5.75 Å². The van der Waals surface area contributed by atoms with Gasteiger partial charge in [0.2, 0.25) is 35.4 Å². The zero-order chi connectivity index (χ0) is 64.8. The quantitative estimate of drug-likeness (QED) is 0.0250. The molecule has 7 amide bonds. The van der Waals surface area contributed by atoms with Crippen LogP contribution >= 0.6 is 0 Å². The summed E-state index contributed by atoms with van der Waals surface area (Å²) in [5.41, 5.74) is 3.01. The van der Waals surface area contributed by atoms with Crippen molar-refractivity contribution in [2.45, 2.75) is 89.1 Å². The number of carboxylic acid groups (broad SMARTS) is 1. The number of likely N-dealkylation sites (tertiary alicyclic amines) is 1. The number of benzene rings is 2. The number of halogens is 2. The van der Waals surface area contributed by atoms with Gasteiger partial charge in [-0.25, -0.2) is 8.78 Å². The van der Waals surface area contributed by atoms with Crippen molar-refractivity contribution in [1.29, 1.82) is 0 Å². The van der Waals surface area contributed by atoms with Gasteiger partial charge < -0.3 is 45.1 Å². The van der Waals surface area contributed by atoms with E-state index < -0.39 is 85.3 Å². The number of amides is 7. The van der Waals surface area contributed by atoms with Gasteiger partial charge in [0, 0.05) is 116 Å². The van der Waals surface area contributed by atoms with Gasteiger partial charge in [-0.1, -0.05) is 48.6 Å². The lowest BCUT2D eigenvalue weighted by atomic mass is 10.1. The second kappa shape index (κ2) is 37.1. The minimum atomic E-state index is -3.12. The topological polar surface area (TPSA) is 302 Å². The Bertz CT molecular complexity index is 2950. The van der Waals surface area contributed by atoms with Crippen molar-refractivity contribution in [2.75, 3.05) is 138 Å². The molecule has 1 aromatic heterocycles. The van der Waals surface area contributed by atoms with Crippen molar-refractivity contribution >= 4 is 71.2 Å². The molecule has 0 radical (unpaired) electrons. The number of pyridine rings is 1. The van der Waals surface area contributed by atoms with Crippen molar-refractivity contribution in [2.24, 2.45) is 0 Å². The van der Waals surface area contributed by atoms with Crippen LogP contribution in [0, 0.1) is 19.3 Å². The van der Waals surface area contributed by atoms with Crippen LogP contribution in [0.4, 0.5) is 8.78 Å². The number of aryl methyl sites for hydroxylation is 2. The van der Waals surface area contributed by atoms with E-state index in [1.807, 2.05) is 28.9 Å². The molecule has 0 spiro atoms. The highest BCUT2D eigenvalue weighted by Crippen LogP contribution is 2.32. The molecule has 2 atom stereocenters. The number of hydrogen-bond donors (Lipinski definition) is 5. The largest absolute Gasteiger partial charge is 0.494 e. The van der Waals surface area contributed by atoms with Gasteiger partial charge in [-0.2, -0.15) is 0 Å². The number of unbranched alkanes of at least 4 members (excludes halogenated alkanes) is 2. The van der Waals surface area contributed by atoms with E-state index >= 15 is 0 Å². The third-order valence-electron chi connectivity index (χ3n) is 15.8. The molecular weight excluding hydrogens is 1170 g/mol. The molecule has 0 aliphatic carbocycles. The van der Waals surface area contributed by atoms with Gasteiger partial charge in [-0.3, -0.25) is 82.7 Å². The highest BCUT2D eigenvalue weighted by atomic mass is 19.3. The molecule has 0 bridgehead atoms. The zero-order valence-electron chi connectivity index (χ0n) is 51.1. The second-order valence-corrected chi connectivity index (χ2v) is 22.6. The van der Waals surface area contributed by atoms with Gasteiger partial charge in [-0.05, 0) is 68.9 Å². The molecule has 90 heavy (non-hydrogen) atoms. The number of rotatable bonds is 32. The number of nitrogens with one attached hydrogen (secondary N) is 4. The molecule has 490 valence electrons. The molecule has 0 saturated carbocycles. The van der Waals surface area contributed by atoms with Gasteiger partial charge in [0.15, 0.2) is 0 Å². The van der Waals surface area contributed by atoms with Crippen molar-refractivity contribution in [3.05, 3.63) is 71.4 Å². The Morgan fingerprint density at radius 1 is 0.744 bits per heavy atom. The molecule has 0 unspecified atom stereocenters. The van der Waals surface area contributed by atoms with E-state index in [9.17, 15) is 61.8 Å². The van der Waals surface area contributed by atoms with E-state index in [1.54, 1.807) is 32.9 Å². The van der Waals surface area contributed by atoms with Crippen LogP contribution in [0.15, 0.2) is 54.7 Å². The Morgan fingerprint density at radius 2 is 1.39 bits per heavy atom. The maximum absolute atomic E-state index is 14.0. The number of carbonyl (C=O) groups is 10. The number of fused-ring (bicyclic) bond motifs is 1. The van der Waals surface area contributed by atoms with Crippen LogP contribution in [0.1, 0.15) is 79.3 Å². The molecule has 28 heteroatoms. The van der Waals surface area contributed by atoms with Gasteiger partial charge in [-0.15, -0.1) is 6.42 Å². The molecule has 3 saturated heterocycles. The Hall–Kier alpha value is -8.23. The highest BCUT2D eigenvalue weighted by molar-refractivity contribution is 6.07. The van der Waals surface area contributed by atoms with Crippen LogP contribution in [-0.4, -0.2) is 261 Å².